The number of anilines is 1. The number of carbonyl (C=O) groups is 2. The van der Waals surface area contributed by atoms with Gasteiger partial charge in [-0.2, -0.15) is 0 Å². The minimum atomic E-state index is -3.69. The van der Waals surface area contributed by atoms with Gasteiger partial charge in [-0.25, -0.2) is 8.42 Å². The Bertz CT molecular complexity index is 798. The van der Waals surface area contributed by atoms with Crippen LogP contribution in [0, 0.1) is 0 Å². The monoisotopic (exact) mass is 317 g/mol. The molecule has 5 nitrogen and oxygen atoms in total. The molecule has 0 aliphatic heterocycles. The van der Waals surface area contributed by atoms with Gasteiger partial charge in [-0.1, -0.05) is 30.3 Å². The van der Waals surface area contributed by atoms with E-state index in [-0.39, 0.29) is 10.7 Å². The highest BCUT2D eigenvalue weighted by Crippen LogP contribution is 2.13. The van der Waals surface area contributed by atoms with E-state index in [4.69, 9.17) is 0 Å². The normalized spacial score (nSPS) is 11.0. The highest BCUT2D eigenvalue weighted by atomic mass is 32.2. The number of hydrogen-bond acceptors (Lipinski definition) is 4. The third-order valence-electron chi connectivity index (χ3n) is 2.98. The van der Waals surface area contributed by atoms with Gasteiger partial charge >= 0.3 is 0 Å². The maximum absolute atomic E-state index is 12.1. The Kier molecular flexibility index (Phi) is 4.72. The van der Waals surface area contributed by atoms with Gasteiger partial charge in [-0.3, -0.25) is 9.59 Å². The van der Waals surface area contributed by atoms with Crippen molar-refractivity contribution in [3.63, 3.8) is 0 Å². The summed E-state index contributed by atoms with van der Waals surface area (Å²) in [4.78, 5) is 23.3. The summed E-state index contributed by atoms with van der Waals surface area (Å²) in [6.07, 6.45) is 0. The van der Waals surface area contributed by atoms with E-state index in [1.165, 1.54) is 25.1 Å². The van der Waals surface area contributed by atoms with Gasteiger partial charge in [0.2, 0.25) is 5.91 Å². The van der Waals surface area contributed by atoms with Gasteiger partial charge in [0.25, 0.3) is 0 Å². The van der Waals surface area contributed by atoms with Crippen LogP contribution in [0.5, 0.6) is 0 Å². The second-order valence-electron chi connectivity index (χ2n) is 4.76. The zero-order chi connectivity index (χ0) is 16.2. The molecule has 0 spiro atoms. The highest BCUT2D eigenvalue weighted by molar-refractivity contribution is 7.92. The van der Waals surface area contributed by atoms with Crippen LogP contribution in [-0.2, 0) is 14.6 Å². The van der Waals surface area contributed by atoms with Crippen LogP contribution in [0.2, 0.25) is 0 Å². The molecular weight excluding hydrogens is 302 g/mol. The van der Waals surface area contributed by atoms with Crippen molar-refractivity contribution in [2.24, 2.45) is 0 Å². The van der Waals surface area contributed by atoms with Crippen LogP contribution in [0.15, 0.2) is 59.5 Å². The molecule has 2 rings (SSSR count). The van der Waals surface area contributed by atoms with Crippen LogP contribution in [0.1, 0.15) is 17.3 Å². The molecule has 0 unspecified atom stereocenters. The first kappa shape index (κ1) is 15.9. The van der Waals surface area contributed by atoms with E-state index in [1.54, 1.807) is 36.4 Å². The first-order valence-corrected chi connectivity index (χ1v) is 8.22. The third-order valence-corrected chi connectivity index (χ3v) is 4.61. The summed E-state index contributed by atoms with van der Waals surface area (Å²) in [6, 6.07) is 14.1. The Hall–Kier alpha value is -2.47. The molecule has 2 aromatic carbocycles. The molecule has 0 radical (unpaired) electrons. The molecule has 114 valence electrons. The average Bonchev–Trinajstić information content (AvgIpc) is 2.47. The van der Waals surface area contributed by atoms with Gasteiger partial charge < -0.3 is 5.32 Å². The highest BCUT2D eigenvalue weighted by Gasteiger charge is 2.19. The second kappa shape index (κ2) is 6.53. The van der Waals surface area contributed by atoms with Crippen molar-refractivity contribution < 1.29 is 18.0 Å². The molecule has 0 heterocycles. The van der Waals surface area contributed by atoms with E-state index in [2.05, 4.69) is 5.32 Å². The predicted molar refractivity (Wildman–Crippen MR) is 83.6 cm³/mol. The van der Waals surface area contributed by atoms with Gasteiger partial charge in [0, 0.05) is 11.3 Å². The lowest BCUT2D eigenvalue weighted by molar-refractivity contribution is -0.113. The molecule has 0 saturated heterocycles. The Morgan fingerprint density at radius 1 is 1.00 bits per heavy atom. The van der Waals surface area contributed by atoms with E-state index in [0.29, 0.717) is 11.3 Å². The van der Waals surface area contributed by atoms with Crippen molar-refractivity contribution in [1.82, 2.24) is 0 Å². The third kappa shape index (κ3) is 4.02. The van der Waals surface area contributed by atoms with E-state index < -0.39 is 21.5 Å². The Balaban J connectivity index is 2.10. The number of nitrogens with one attached hydrogen (secondary N) is 1. The van der Waals surface area contributed by atoms with Crippen molar-refractivity contribution in [2.75, 3.05) is 11.1 Å². The van der Waals surface area contributed by atoms with Crippen molar-refractivity contribution in [2.45, 2.75) is 11.8 Å². The van der Waals surface area contributed by atoms with Gasteiger partial charge in [0.15, 0.2) is 15.6 Å². The van der Waals surface area contributed by atoms with Crippen molar-refractivity contribution in [1.29, 1.82) is 0 Å². The molecule has 0 aliphatic rings. The van der Waals surface area contributed by atoms with Crippen LogP contribution >= 0.6 is 0 Å². The van der Waals surface area contributed by atoms with Crippen LogP contribution < -0.4 is 5.32 Å². The Morgan fingerprint density at radius 3 is 2.32 bits per heavy atom. The standard InChI is InChI=1S/C16H15NO4S/c1-12(18)13-6-5-7-14(10-13)17-16(19)11-22(20,21)15-8-3-2-4-9-15/h2-10H,11H2,1H3,(H,17,19). The molecule has 0 aromatic heterocycles. The lowest BCUT2D eigenvalue weighted by Gasteiger charge is -2.07. The Labute approximate surface area is 128 Å². The summed E-state index contributed by atoms with van der Waals surface area (Å²) >= 11 is 0. The number of amides is 1. The predicted octanol–water partition coefficient (Wildman–Crippen LogP) is 2.30. The number of hydrogen-bond donors (Lipinski definition) is 1. The SMILES string of the molecule is CC(=O)c1cccc(NC(=O)CS(=O)(=O)c2ccccc2)c1. The number of Topliss-reactive ketones (excluding diaryl/α,β-unsaturated/α-hetero) is 1. The number of sulfone groups is 1. The first-order valence-electron chi connectivity index (χ1n) is 6.57. The summed E-state index contributed by atoms with van der Waals surface area (Å²) in [6.45, 7) is 1.42. The number of ketones is 1. The number of benzene rings is 2. The lowest BCUT2D eigenvalue weighted by Crippen LogP contribution is -2.23. The quantitative estimate of drug-likeness (QED) is 0.858. The molecule has 22 heavy (non-hydrogen) atoms. The topological polar surface area (TPSA) is 80.3 Å². The van der Waals surface area contributed by atoms with Gasteiger partial charge in [0.05, 0.1) is 4.90 Å². The molecule has 0 fully saturated rings. The smallest absolute Gasteiger partial charge is 0.239 e. The van der Waals surface area contributed by atoms with Crippen molar-refractivity contribution in [3.8, 4) is 0 Å². The van der Waals surface area contributed by atoms with Crippen molar-refractivity contribution in [3.05, 3.63) is 60.2 Å². The fraction of sp³-hybridized carbons (Fsp3) is 0.125. The minimum absolute atomic E-state index is 0.0997. The largest absolute Gasteiger partial charge is 0.325 e. The summed E-state index contributed by atoms with van der Waals surface area (Å²) in [5.41, 5.74) is 0.838. The van der Waals surface area contributed by atoms with Crippen molar-refractivity contribution >= 4 is 27.2 Å². The van der Waals surface area contributed by atoms with Crippen LogP contribution in [0.25, 0.3) is 0 Å². The molecule has 2 aromatic rings. The number of carbonyl (C=O) groups excluding carboxylic acids is 2. The summed E-state index contributed by atoms with van der Waals surface area (Å²) in [5, 5.41) is 2.49. The second-order valence-corrected chi connectivity index (χ2v) is 6.75. The molecular formula is C16H15NO4S. The fourth-order valence-electron chi connectivity index (χ4n) is 1.90. The lowest BCUT2D eigenvalue weighted by atomic mass is 10.1. The summed E-state index contributed by atoms with van der Waals surface area (Å²) in [5.74, 6) is -1.43. The molecule has 0 aliphatic carbocycles. The molecule has 0 atom stereocenters. The van der Waals surface area contributed by atoms with E-state index >= 15 is 0 Å². The molecule has 0 bridgehead atoms. The van der Waals surface area contributed by atoms with Gasteiger partial charge in [0.1, 0.15) is 5.75 Å². The average molecular weight is 317 g/mol. The van der Waals surface area contributed by atoms with Crippen LogP contribution in [0.4, 0.5) is 5.69 Å². The van der Waals surface area contributed by atoms with Gasteiger partial charge in [-0.05, 0) is 31.2 Å². The van der Waals surface area contributed by atoms with Crippen LogP contribution in [-0.4, -0.2) is 25.9 Å². The summed E-state index contributed by atoms with van der Waals surface area (Å²) in [7, 11) is -3.69. The maximum Gasteiger partial charge on any atom is 0.239 e. The molecule has 6 heteroatoms. The maximum atomic E-state index is 12.1. The molecule has 0 saturated carbocycles. The van der Waals surface area contributed by atoms with E-state index in [1.807, 2.05) is 0 Å². The van der Waals surface area contributed by atoms with Crippen LogP contribution in [0.3, 0.4) is 0 Å². The Morgan fingerprint density at radius 2 is 1.68 bits per heavy atom. The van der Waals surface area contributed by atoms with Gasteiger partial charge in [-0.15, -0.1) is 0 Å². The first-order chi connectivity index (χ1) is 10.4. The number of rotatable bonds is 5. The summed E-state index contributed by atoms with van der Waals surface area (Å²) < 4.78 is 24.2. The van der Waals surface area contributed by atoms with E-state index in [9.17, 15) is 18.0 Å². The minimum Gasteiger partial charge on any atom is -0.325 e. The zero-order valence-electron chi connectivity index (χ0n) is 11.9. The fourth-order valence-corrected chi connectivity index (χ4v) is 3.05. The zero-order valence-corrected chi connectivity index (χ0v) is 12.8. The molecule has 1 N–H and O–H groups in total. The molecule has 1 amide bonds. The van der Waals surface area contributed by atoms with E-state index in [0.717, 1.165) is 0 Å².